The molecule has 0 amide bonds. The van der Waals surface area contributed by atoms with Crippen molar-refractivity contribution >= 4 is 27.7 Å². The molecule has 3 aromatic heterocycles. The number of pyridine rings is 2. The molecule has 0 aliphatic carbocycles. The van der Waals surface area contributed by atoms with Crippen LogP contribution in [0.2, 0.25) is 0 Å². The van der Waals surface area contributed by atoms with Gasteiger partial charge in [0.2, 0.25) is 0 Å². The van der Waals surface area contributed by atoms with Gasteiger partial charge in [-0.15, -0.1) is 29.1 Å². The molecule has 0 atom stereocenters. The van der Waals surface area contributed by atoms with E-state index in [1.807, 2.05) is 50.6 Å². The molecule has 269 valence electrons. The van der Waals surface area contributed by atoms with Gasteiger partial charge in [0.15, 0.2) is 11.4 Å². The van der Waals surface area contributed by atoms with Crippen LogP contribution >= 0.6 is 0 Å². The summed E-state index contributed by atoms with van der Waals surface area (Å²) in [5.74, 6) is 2.08. The molecular formula is C44H55IrN2O3-. The zero-order chi connectivity index (χ0) is 35.9. The standard InChI is InChI=1S/C31H31N2O.C13H24O2.Ir/c1-20(2)15-24-19-28-30(34-24)12-11-27(32-28)22-13-14-33(6)29(18-22)23-16-21-9-7-8-10-25(21)26(17-23)31(3,4)5;1-5-10(6-2)12(14)9-13(15)11(7-3)8-4;/h7-14,17-20H,6,15H2,1-5H3;9-11,14H,5-8H2,1-4H3;/q-1;;/b;12-9-;. The molecule has 0 unspecified atom stereocenters. The first-order chi connectivity index (χ1) is 23.3. The van der Waals surface area contributed by atoms with Gasteiger partial charge < -0.3 is 14.1 Å². The summed E-state index contributed by atoms with van der Waals surface area (Å²) < 4.78 is 7.90. The molecule has 5 nitrogen and oxygen atoms in total. The molecule has 1 N–H and O–H groups in total. The summed E-state index contributed by atoms with van der Waals surface area (Å²) in [6.45, 7) is 19.2. The second kappa shape index (κ2) is 18.0. The molecule has 50 heavy (non-hydrogen) atoms. The molecular weight excluding hydrogens is 797 g/mol. The number of allylic oxidation sites excluding steroid dienone is 2. The number of rotatable bonds is 11. The molecule has 0 aliphatic rings. The summed E-state index contributed by atoms with van der Waals surface area (Å²) in [6, 6.07) is 24.7. The van der Waals surface area contributed by atoms with Crippen molar-refractivity contribution in [2.75, 3.05) is 0 Å². The molecule has 0 aliphatic heterocycles. The van der Waals surface area contributed by atoms with Crippen LogP contribution in [-0.4, -0.2) is 15.9 Å². The Hall–Kier alpha value is -3.73. The Morgan fingerprint density at radius 2 is 1.62 bits per heavy atom. The fraction of sp³-hybridized carbons (Fsp3) is 0.409. The normalized spacial score (nSPS) is 12.0. The molecule has 0 spiro atoms. The number of hydrogen-bond donors (Lipinski definition) is 1. The zero-order valence-corrected chi connectivity index (χ0v) is 33.8. The Labute approximate surface area is 313 Å². The largest absolute Gasteiger partial charge is 0.512 e. The minimum atomic E-state index is 0. The number of carbonyl (C=O) groups is 1. The van der Waals surface area contributed by atoms with E-state index in [4.69, 9.17) is 9.40 Å². The molecule has 1 radical (unpaired) electrons. The summed E-state index contributed by atoms with van der Waals surface area (Å²) in [4.78, 5) is 16.6. The van der Waals surface area contributed by atoms with Crippen molar-refractivity contribution < 1.29 is 39.0 Å². The predicted octanol–water partition coefficient (Wildman–Crippen LogP) is 11.4. The fourth-order valence-electron chi connectivity index (χ4n) is 6.33. The minimum absolute atomic E-state index is 0. The van der Waals surface area contributed by atoms with Crippen molar-refractivity contribution in [2.45, 2.75) is 99.8 Å². The van der Waals surface area contributed by atoms with Crippen molar-refractivity contribution in [3.05, 3.63) is 103 Å². The van der Waals surface area contributed by atoms with Gasteiger partial charge in [0.1, 0.15) is 17.0 Å². The van der Waals surface area contributed by atoms with Crippen LogP contribution in [0, 0.1) is 30.9 Å². The Balaban J connectivity index is 0.000000361. The van der Waals surface area contributed by atoms with E-state index in [9.17, 15) is 9.90 Å². The fourth-order valence-corrected chi connectivity index (χ4v) is 6.33. The van der Waals surface area contributed by atoms with E-state index >= 15 is 0 Å². The van der Waals surface area contributed by atoms with Gasteiger partial charge in [-0.05, 0) is 66.8 Å². The van der Waals surface area contributed by atoms with E-state index in [1.165, 1.54) is 17.0 Å². The summed E-state index contributed by atoms with van der Waals surface area (Å²) in [7, 11) is 4.25. The van der Waals surface area contributed by atoms with Crippen LogP contribution in [0.25, 0.3) is 44.4 Å². The number of carbonyl (C=O) groups excluding carboxylic acids is 1. The predicted molar refractivity (Wildman–Crippen MR) is 203 cm³/mol. The first kappa shape index (κ1) is 40.7. The first-order valence-electron chi connectivity index (χ1n) is 18.0. The average molecular weight is 852 g/mol. The maximum absolute atomic E-state index is 11.7. The first-order valence-corrected chi connectivity index (χ1v) is 18.0. The van der Waals surface area contributed by atoms with Crippen LogP contribution in [-0.2, 0) is 36.7 Å². The van der Waals surface area contributed by atoms with Crippen LogP contribution in [0.1, 0.15) is 99.3 Å². The molecule has 0 fully saturated rings. The second-order valence-electron chi connectivity index (χ2n) is 14.6. The number of hydrogen-bond acceptors (Lipinski definition) is 4. The molecule has 3 heterocycles. The van der Waals surface area contributed by atoms with Gasteiger partial charge in [0, 0.05) is 57.6 Å². The molecule has 5 aromatic rings. The van der Waals surface area contributed by atoms with Crippen molar-refractivity contribution in [1.82, 2.24) is 4.98 Å². The summed E-state index contributed by atoms with van der Waals surface area (Å²) in [6.07, 6.45) is 7.82. The molecule has 6 heteroatoms. The maximum Gasteiger partial charge on any atom is 0.162 e. The molecule has 5 rings (SSSR count). The monoisotopic (exact) mass is 852 g/mol. The van der Waals surface area contributed by atoms with Crippen LogP contribution in [0.3, 0.4) is 0 Å². The third kappa shape index (κ3) is 9.95. The summed E-state index contributed by atoms with van der Waals surface area (Å²) >= 11 is 0. The van der Waals surface area contributed by atoms with Gasteiger partial charge in [-0.2, -0.15) is 0 Å². The van der Waals surface area contributed by atoms with E-state index in [0.717, 1.165) is 76.9 Å². The third-order valence-electron chi connectivity index (χ3n) is 9.31. The Bertz CT molecular complexity index is 1910. The molecule has 0 saturated heterocycles. The van der Waals surface area contributed by atoms with Crippen LogP contribution < -0.4 is 4.57 Å². The van der Waals surface area contributed by atoms with E-state index in [2.05, 4.69) is 96.3 Å². The maximum atomic E-state index is 11.7. The molecule has 0 saturated carbocycles. The Morgan fingerprint density at radius 1 is 0.960 bits per heavy atom. The Kier molecular flexibility index (Phi) is 14.6. The van der Waals surface area contributed by atoms with Crippen molar-refractivity contribution in [3.8, 4) is 22.5 Å². The number of benzene rings is 2. The van der Waals surface area contributed by atoms with E-state index < -0.39 is 0 Å². The smallest absolute Gasteiger partial charge is 0.162 e. The number of fused-ring (bicyclic) bond motifs is 2. The second-order valence-corrected chi connectivity index (χ2v) is 14.6. The number of furan rings is 1. The van der Waals surface area contributed by atoms with Gasteiger partial charge in [-0.3, -0.25) is 4.79 Å². The topological polar surface area (TPSA) is 67.2 Å². The minimum Gasteiger partial charge on any atom is -0.512 e. The number of aliphatic hydroxyl groups is 1. The van der Waals surface area contributed by atoms with Gasteiger partial charge in [-0.25, -0.2) is 4.98 Å². The van der Waals surface area contributed by atoms with Gasteiger partial charge in [0.05, 0.1) is 17.6 Å². The Morgan fingerprint density at radius 3 is 2.24 bits per heavy atom. The van der Waals surface area contributed by atoms with Crippen molar-refractivity contribution in [1.29, 1.82) is 0 Å². The van der Waals surface area contributed by atoms with E-state index in [1.54, 1.807) is 0 Å². The van der Waals surface area contributed by atoms with Crippen LogP contribution in [0.15, 0.2) is 83.1 Å². The summed E-state index contributed by atoms with van der Waals surface area (Å²) in [5, 5.41) is 12.1. The SMILES string of the molecule is CCC(CC)C(=O)/C=C(\O)C(CC)CC.[CH2-][n+]1ccc(-c2ccc3oc(CC(C)C)cc3n2)cc1-c1[c-]c2ccccc2c(C(C)(C)C)c1.[Ir]. The van der Waals surface area contributed by atoms with Crippen LogP contribution in [0.5, 0.6) is 0 Å². The van der Waals surface area contributed by atoms with Gasteiger partial charge in [0.25, 0.3) is 0 Å². The van der Waals surface area contributed by atoms with E-state index in [0.29, 0.717) is 5.92 Å². The number of aliphatic hydroxyl groups excluding tert-OH is 1. The van der Waals surface area contributed by atoms with E-state index in [-0.39, 0.29) is 48.9 Å². The van der Waals surface area contributed by atoms with Crippen molar-refractivity contribution in [3.63, 3.8) is 0 Å². The quantitative estimate of drug-likeness (QED) is 0.0622. The van der Waals surface area contributed by atoms with Gasteiger partial charge >= 0.3 is 0 Å². The number of nitrogens with zero attached hydrogens (tertiary/aromatic N) is 2. The average Bonchev–Trinajstić information content (AvgIpc) is 3.46. The number of ketones is 1. The van der Waals surface area contributed by atoms with Crippen LogP contribution in [0.4, 0.5) is 0 Å². The van der Waals surface area contributed by atoms with Gasteiger partial charge in [-0.1, -0.05) is 91.5 Å². The molecule has 2 aromatic carbocycles. The molecule has 0 bridgehead atoms. The zero-order valence-electron chi connectivity index (χ0n) is 31.4. The van der Waals surface area contributed by atoms with Crippen molar-refractivity contribution in [2.24, 2.45) is 17.8 Å². The third-order valence-corrected chi connectivity index (χ3v) is 9.31. The summed E-state index contributed by atoms with van der Waals surface area (Å²) in [5.41, 5.74) is 7.04. The number of aromatic nitrogens is 2.